The summed E-state index contributed by atoms with van der Waals surface area (Å²) in [5.41, 5.74) is 7.13. The van der Waals surface area contributed by atoms with Gasteiger partial charge in [-0.15, -0.1) is 11.3 Å². The molecule has 16 heavy (non-hydrogen) atoms. The summed E-state index contributed by atoms with van der Waals surface area (Å²) in [6.07, 6.45) is 0. The second-order valence-corrected chi connectivity index (χ2v) is 4.64. The van der Waals surface area contributed by atoms with Crippen molar-refractivity contribution in [3.8, 4) is 0 Å². The third-order valence-electron chi connectivity index (χ3n) is 2.35. The fourth-order valence-electron chi connectivity index (χ4n) is 1.48. The van der Waals surface area contributed by atoms with Gasteiger partial charge in [0.2, 0.25) is 0 Å². The highest BCUT2D eigenvalue weighted by molar-refractivity contribution is 7.09. The van der Waals surface area contributed by atoms with Crippen molar-refractivity contribution in [2.24, 2.45) is 5.73 Å². The normalized spacial score (nSPS) is 12.6. The van der Waals surface area contributed by atoms with E-state index in [1.165, 1.54) is 4.88 Å². The van der Waals surface area contributed by atoms with Gasteiger partial charge < -0.3 is 10.5 Å². The van der Waals surface area contributed by atoms with Gasteiger partial charge in [-0.3, -0.25) is 0 Å². The predicted octanol–water partition coefficient (Wildman–Crippen LogP) is 2.96. The fraction of sp³-hybridized carbons (Fsp3) is 0.231. The van der Waals surface area contributed by atoms with Crippen LogP contribution in [0.5, 0.6) is 0 Å². The van der Waals surface area contributed by atoms with Crippen molar-refractivity contribution in [3.63, 3.8) is 0 Å². The molecule has 0 saturated heterocycles. The van der Waals surface area contributed by atoms with E-state index in [-0.39, 0.29) is 6.04 Å². The van der Waals surface area contributed by atoms with Gasteiger partial charge in [-0.05, 0) is 17.0 Å². The van der Waals surface area contributed by atoms with Gasteiger partial charge >= 0.3 is 0 Å². The Labute approximate surface area is 99.7 Å². The maximum Gasteiger partial charge on any atom is 0.0810 e. The molecule has 0 saturated carbocycles. The van der Waals surface area contributed by atoms with Gasteiger partial charge in [0.1, 0.15) is 0 Å². The largest absolute Gasteiger partial charge is 0.374 e. The van der Waals surface area contributed by atoms with Crippen molar-refractivity contribution in [3.05, 3.63) is 58.3 Å². The smallest absolute Gasteiger partial charge is 0.0810 e. The average Bonchev–Trinajstić information content (AvgIpc) is 2.83. The first-order chi connectivity index (χ1) is 7.86. The van der Waals surface area contributed by atoms with E-state index in [2.05, 4.69) is 11.4 Å². The van der Waals surface area contributed by atoms with Crippen molar-refractivity contribution in [2.75, 3.05) is 6.61 Å². The van der Waals surface area contributed by atoms with Crippen LogP contribution >= 0.6 is 11.3 Å². The van der Waals surface area contributed by atoms with Gasteiger partial charge in [0.15, 0.2) is 0 Å². The summed E-state index contributed by atoms with van der Waals surface area (Å²) in [7, 11) is 0. The number of hydrogen-bond acceptors (Lipinski definition) is 3. The molecule has 0 aliphatic heterocycles. The van der Waals surface area contributed by atoms with Crippen molar-refractivity contribution in [1.82, 2.24) is 0 Å². The molecule has 1 heterocycles. The Morgan fingerprint density at radius 2 is 1.94 bits per heavy atom. The third kappa shape index (κ3) is 3.17. The zero-order chi connectivity index (χ0) is 11.2. The maximum atomic E-state index is 6.01. The Morgan fingerprint density at radius 3 is 2.62 bits per heavy atom. The Hall–Kier alpha value is -1.16. The van der Waals surface area contributed by atoms with Gasteiger partial charge in [-0.25, -0.2) is 0 Å². The number of benzene rings is 1. The number of nitrogens with two attached hydrogens (primary N) is 1. The lowest BCUT2D eigenvalue weighted by atomic mass is 10.1. The molecular weight excluding hydrogens is 218 g/mol. The van der Waals surface area contributed by atoms with Crippen LogP contribution in [0.25, 0.3) is 0 Å². The average molecular weight is 233 g/mol. The zero-order valence-corrected chi connectivity index (χ0v) is 9.82. The van der Waals surface area contributed by atoms with E-state index in [0.29, 0.717) is 13.2 Å². The lowest BCUT2D eigenvalue weighted by molar-refractivity contribution is 0.110. The molecule has 0 radical (unpaired) electrons. The summed E-state index contributed by atoms with van der Waals surface area (Å²) in [4.78, 5) is 1.24. The Morgan fingerprint density at radius 1 is 1.12 bits per heavy atom. The van der Waals surface area contributed by atoms with Crippen LogP contribution in [0, 0.1) is 0 Å². The summed E-state index contributed by atoms with van der Waals surface area (Å²) >= 11 is 1.70. The molecule has 2 rings (SSSR count). The summed E-state index contributed by atoms with van der Waals surface area (Å²) in [6, 6.07) is 14.1. The molecule has 2 nitrogen and oxygen atoms in total. The molecule has 0 aliphatic rings. The fourth-order valence-corrected chi connectivity index (χ4v) is 2.12. The van der Waals surface area contributed by atoms with E-state index in [1.54, 1.807) is 11.3 Å². The monoisotopic (exact) mass is 233 g/mol. The summed E-state index contributed by atoms with van der Waals surface area (Å²) in [6.45, 7) is 1.21. The molecule has 0 aliphatic carbocycles. The quantitative estimate of drug-likeness (QED) is 0.861. The third-order valence-corrected chi connectivity index (χ3v) is 3.20. The molecule has 84 valence electrons. The number of rotatable bonds is 5. The van der Waals surface area contributed by atoms with Crippen LogP contribution in [0.1, 0.15) is 16.5 Å². The zero-order valence-electron chi connectivity index (χ0n) is 9.00. The van der Waals surface area contributed by atoms with Crippen LogP contribution in [0.15, 0.2) is 47.8 Å². The molecule has 2 aromatic rings. The minimum Gasteiger partial charge on any atom is -0.374 e. The van der Waals surface area contributed by atoms with Crippen molar-refractivity contribution in [2.45, 2.75) is 12.6 Å². The SMILES string of the molecule is NC(COCc1cccs1)c1ccccc1. The lowest BCUT2D eigenvalue weighted by Gasteiger charge is -2.11. The maximum absolute atomic E-state index is 6.01. The highest BCUT2D eigenvalue weighted by Gasteiger charge is 2.05. The first-order valence-electron chi connectivity index (χ1n) is 5.27. The minimum atomic E-state index is -0.0406. The highest BCUT2D eigenvalue weighted by Crippen LogP contribution is 2.13. The van der Waals surface area contributed by atoms with E-state index < -0.39 is 0 Å². The molecule has 0 bridgehead atoms. The first-order valence-corrected chi connectivity index (χ1v) is 6.15. The van der Waals surface area contributed by atoms with Gasteiger partial charge in [-0.2, -0.15) is 0 Å². The standard InChI is InChI=1S/C13H15NOS/c14-13(11-5-2-1-3-6-11)10-15-9-12-7-4-8-16-12/h1-8,13H,9-10,14H2. The molecule has 2 N–H and O–H groups in total. The molecule has 0 fully saturated rings. The highest BCUT2D eigenvalue weighted by atomic mass is 32.1. The van der Waals surface area contributed by atoms with Crippen LogP contribution in [-0.2, 0) is 11.3 Å². The minimum absolute atomic E-state index is 0.0406. The summed E-state index contributed by atoms with van der Waals surface area (Å²) in [5.74, 6) is 0. The number of hydrogen-bond donors (Lipinski definition) is 1. The topological polar surface area (TPSA) is 35.2 Å². The van der Waals surface area contributed by atoms with Crippen LogP contribution < -0.4 is 5.73 Å². The second kappa shape index (κ2) is 5.80. The molecule has 1 aromatic carbocycles. The Bertz CT molecular complexity index is 399. The second-order valence-electron chi connectivity index (χ2n) is 3.61. The van der Waals surface area contributed by atoms with Gasteiger partial charge in [0.25, 0.3) is 0 Å². The molecule has 0 spiro atoms. The number of ether oxygens (including phenoxy) is 1. The molecule has 1 aromatic heterocycles. The van der Waals surface area contributed by atoms with E-state index in [0.717, 1.165) is 5.56 Å². The molecule has 3 heteroatoms. The first kappa shape index (κ1) is 11.3. The molecule has 0 amide bonds. The summed E-state index contributed by atoms with van der Waals surface area (Å²) in [5, 5.41) is 2.05. The van der Waals surface area contributed by atoms with E-state index in [4.69, 9.17) is 10.5 Å². The molecule has 1 atom stereocenters. The van der Waals surface area contributed by atoms with Crippen molar-refractivity contribution >= 4 is 11.3 Å². The van der Waals surface area contributed by atoms with Gasteiger partial charge in [0.05, 0.1) is 19.3 Å². The Balaban J connectivity index is 1.78. The van der Waals surface area contributed by atoms with E-state index >= 15 is 0 Å². The van der Waals surface area contributed by atoms with Crippen molar-refractivity contribution in [1.29, 1.82) is 0 Å². The van der Waals surface area contributed by atoms with Gasteiger partial charge in [-0.1, -0.05) is 36.4 Å². The van der Waals surface area contributed by atoms with Crippen molar-refractivity contribution < 1.29 is 4.74 Å². The number of thiophene rings is 1. The van der Waals surface area contributed by atoms with Crippen LogP contribution in [0.2, 0.25) is 0 Å². The summed E-state index contributed by atoms with van der Waals surface area (Å²) < 4.78 is 5.58. The molecule has 1 unspecified atom stereocenters. The van der Waals surface area contributed by atoms with Gasteiger partial charge in [0, 0.05) is 4.88 Å². The molecular formula is C13H15NOS. The van der Waals surface area contributed by atoms with E-state index in [9.17, 15) is 0 Å². The lowest BCUT2D eigenvalue weighted by Crippen LogP contribution is -2.16. The Kier molecular flexibility index (Phi) is 4.10. The van der Waals surface area contributed by atoms with Crippen LogP contribution in [0.3, 0.4) is 0 Å². The van der Waals surface area contributed by atoms with E-state index in [1.807, 2.05) is 36.4 Å². The van der Waals surface area contributed by atoms with Crippen LogP contribution in [-0.4, -0.2) is 6.61 Å². The van der Waals surface area contributed by atoms with Crippen LogP contribution in [0.4, 0.5) is 0 Å². The predicted molar refractivity (Wildman–Crippen MR) is 67.3 cm³/mol.